The fourth-order valence-corrected chi connectivity index (χ4v) is 2.81. The fraction of sp³-hybridized carbons (Fsp3) is 0.158. The van der Waals surface area contributed by atoms with Crippen molar-refractivity contribution in [2.75, 3.05) is 18.6 Å². The molecule has 0 aliphatic heterocycles. The minimum Gasteiger partial charge on any atom is -0.497 e. The summed E-state index contributed by atoms with van der Waals surface area (Å²) in [5.74, 6) is -0.771. The van der Waals surface area contributed by atoms with Gasteiger partial charge in [-0.1, -0.05) is 12.1 Å². The molecule has 0 atom stereocenters. The van der Waals surface area contributed by atoms with Crippen LogP contribution in [0.4, 0.5) is 5.69 Å². The number of hydrogen-bond acceptors (Lipinski definition) is 3. The standard InChI is InChI=1S/C19H18BrNO4/c1-4-9-21(17-10-13(19(23)24)6-5-12(17)2)18(22)15-11-14(25-3)7-8-16(15)20/h4-8,10-11H,1,9H2,2-3H3,(H,23,24). The molecule has 25 heavy (non-hydrogen) atoms. The van der Waals surface area contributed by atoms with E-state index in [2.05, 4.69) is 22.5 Å². The van der Waals surface area contributed by atoms with Crippen LogP contribution >= 0.6 is 15.9 Å². The van der Waals surface area contributed by atoms with E-state index in [1.807, 2.05) is 6.92 Å². The second kappa shape index (κ2) is 7.98. The van der Waals surface area contributed by atoms with Gasteiger partial charge in [0.2, 0.25) is 0 Å². The Kier molecular flexibility index (Phi) is 5.98. The van der Waals surface area contributed by atoms with Crippen molar-refractivity contribution in [1.29, 1.82) is 0 Å². The first-order valence-electron chi connectivity index (χ1n) is 7.49. The molecule has 1 amide bonds. The quantitative estimate of drug-likeness (QED) is 0.730. The van der Waals surface area contributed by atoms with Crippen LogP contribution in [0.3, 0.4) is 0 Å². The molecular weight excluding hydrogens is 386 g/mol. The summed E-state index contributed by atoms with van der Waals surface area (Å²) in [6.07, 6.45) is 1.60. The van der Waals surface area contributed by atoms with E-state index < -0.39 is 5.97 Å². The maximum absolute atomic E-state index is 13.1. The molecule has 5 nitrogen and oxygen atoms in total. The predicted molar refractivity (Wildman–Crippen MR) is 101 cm³/mol. The number of halogens is 1. The summed E-state index contributed by atoms with van der Waals surface area (Å²) in [5.41, 5.74) is 1.85. The van der Waals surface area contributed by atoms with Crippen LogP contribution in [-0.4, -0.2) is 30.6 Å². The van der Waals surface area contributed by atoms with E-state index in [-0.39, 0.29) is 18.0 Å². The number of benzene rings is 2. The van der Waals surface area contributed by atoms with Gasteiger partial charge in [-0.05, 0) is 58.7 Å². The van der Waals surface area contributed by atoms with Gasteiger partial charge in [0.15, 0.2) is 0 Å². The molecule has 6 heteroatoms. The third-order valence-corrected chi connectivity index (χ3v) is 4.40. The van der Waals surface area contributed by atoms with Gasteiger partial charge in [-0.3, -0.25) is 4.79 Å². The summed E-state index contributed by atoms with van der Waals surface area (Å²) in [4.78, 5) is 25.9. The molecule has 0 fully saturated rings. The zero-order valence-electron chi connectivity index (χ0n) is 14.0. The largest absolute Gasteiger partial charge is 0.497 e. The van der Waals surface area contributed by atoms with Gasteiger partial charge in [0.05, 0.1) is 18.2 Å². The first kappa shape index (κ1) is 18.7. The molecule has 0 aliphatic rings. The Labute approximate surface area is 154 Å². The van der Waals surface area contributed by atoms with Crippen LogP contribution in [0.2, 0.25) is 0 Å². The van der Waals surface area contributed by atoms with E-state index >= 15 is 0 Å². The van der Waals surface area contributed by atoms with Crippen molar-refractivity contribution in [3.05, 3.63) is 70.2 Å². The minimum absolute atomic E-state index is 0.118. The average Bonchev–Trinajstić information content (AvgIpc) is 2.60. The molecule has 0 spiro atoms. The van der Waals surface area contributed by atoms with Crippen LogP contribution in [-0.2, 0) is 0 Å². The van der Waals surface area contributed by atoms with Gasteiger partial charge in [-0.25, -0.2) is 4.79 Å². The number of amides is 1. The monoisotopic (exact) mass is 403 g/mol. The second-order valence-electron chi connectivity index (χ2n) is 5.36. The molecule has 0 aromatic heterocycles. The van der Waals surface area contributed by atoms with Crippen LogP contribution < -0.4 is 9.64 Å². The van der Waals surface area contributed by atoms with Gasteiger partial charge in [-0.15, -0.1) is 6.58 Å². The lowest BCUT2D eigenvalue weighted by Gasteiger charge is -2.24. The Balaban J connectivity index is 2.55. The molecule has 2 aromatic carbocycles. The first-order valence-corrected chi connectivity index (χ1v) is 8.28. The number of hydrogen-bond donors (Lipinski definition) is 1. The molecule has 0 saturated carbocycles. The summed E-state index contributed by atoms with van der Waals surface area (Å²) in [6, 6.07) is 9.81. The second-order valence-corrected chi connectivity index (χ2v) is 6.21. The molecule has 0 radical (unpaired) electrons. The van der Waals surface area contributed by atoms with Crippen LogP contribution in [0.1, 0.15) is 26.3 Å². The number of aromatic carboxylic acids is 1. The summed E-state index contributed by atoms with van der Waals surface area (Å²) in [5, 5.41) is 9.23. The summed E-state index contributed by atoms with van der Waals surface area (Å²) >= 11 is 3.39. The Hall–Kier alpha value is -2.60. The Morgan fingerprint density at radius 2 is 2.00 bits per heavy atom. The lowest BCUT2D eigenvalue weighted by molar-refractivity contribution is 0.0696. The van der Waals surface area contributed by atoms with Crippen molar-refractivity contribution < 1.29 is 19.4 Å². The maximum Gasteiger partial charge on any atom is 0.335 e. The summed E-state index contributed by atoms with van der Waals surface area (Å²) in [6.45, 7) is 5.77. The number of nitrogens with zero attached hydrogens (tertiary/aromatic N) is 1. The number of carbonyl (C=O) groups excluding carboxylic acids is 1. The highest BCUT2D eigenvalue weighted by Crippen LogP contribution is 2.28. The van der Waals surface area contributed by atoms with Gasteiger partial charge < -0.3 is 14.7 Å². The molecule has 0 unspecified atom stereocenters. The van der Waals surface area contributed by atoms with E-state index in [0.717, 1.165) is 5.56 Å². The van der Waals surface area contributed by atoms with Gasteiger partial charge in [0.25, 0.3) is 5.91 Å². The third-order valence-electron chi connectivity index (χ3n) is 3.71. The van der Waals surface area contributed by atoms with Gasteiger partial charge in [0, 0.05) is 16.7 Å². The van der Waals surface area contributed by atoms with E-state index in [4.69, 9.17) is 4.74 Å². The molecule has 0 heterocycles. The Bertz CT molecular complexity index is 832. The van der Waals surface area contributed by atoms with E-state index in [0.29, 0.717) is 21.5 Å². The number of anilines is 1. The van der Waals surface area contributed by atoms with Crippen molar-refractivity contribution in [3.8, 4) is 5.75 Å². The molecule has 2 rings (SSSR count). The fourth-order valence-electron chi connectivity index (χ4n) is 2.39. The Morgan fingerprint density at radius 1 is 1.28 bits per heavy atom. The highest BCUT2D eigenvalue weighted by molar-refractivity contribution is 9.10. The predicted octanol–water partition coefficient (Wildman–Crippen LogP) is 4.30. The number of ether oxygens (including phenoxy) is 1. The third kappa shape index (κ3) is 4.09. The number of methoxy groups -OCH3 is 1. The van der Waals surface area contributed by atoms with Crippen LogP contribution in [0.15, 0.2) is 53.5 Å². The van der Waals surface area contributed by atoms with E-state index in [9.17, 15) is 14.7 Å². The minimum atomic E-state index is -1.05. The van der Waals surface area contributed by atoms with Crippen molar-refractivity contribution in [3.63, 3.8) is 0 Å². The topological polar surface area (TPSA) is 66.8 Å². The molecule has 0 saturated heterocycles. The zero-order chi connectivity index (χ0) is 18.6. The van der Waals surface area contributed by atoms with Gasteiger partial charge in [-0.2, -0.15) is 0 Å². The summed E-state index contributed by atoms with van der Waals surface area (Å²) in [7, 11) is 1.53. The van der Waals surface area contributed by atoms with Crippen molar-refractivity contribution in [2.45, 2.75) is 6.92 Å². The number of carbonyl (C=O) groups is 2. The highest BCUT2D eigenvalue weighted by Gasteiger charge is 2.22. The lowest BCUT2D eigenvalue weighted by atomic mass is 10.1. The number of carboxylic acid groups (broad SMARTS) is 1. The van der Waals surface area contributed by atoms with Crippen LogP contribution in [0, 0.1) is 6.92 Å². The van der Waals surface area contributed by atoms with Crippen LogP contribution in [0.5, 0.6) is 5.75 Å². The SMILES string of the molecule is C=CCN(C(=O)c1cc(OC)ccc1Br)c1cc(C(=O)O)ccc1C. The van der Waals surface area contributed by atoms with E-state index in [1.54, 1.807) is 30.3 Å². The van der Waals surface area contributed by atoms with Crippen molar-refractivity contribution in [1.82, 2.24) is 0 Å². The Morgan fingerprint density at radius 3 is 2.60 bits per heavy atom. The smallest absolute Gasteiger partial charge is 0.335 e. The maximum atomic E-state index is 13.1. The van der Waals surface area contributed by atoms with Crippen molar-refractivity contribution >= 4 is 33.5 Å². The number of carboxylic acids is 1. The number of aryl methyl sites for hydroxylation is 1. The van der Waals surface area contributed by atoms with Crippen molar-refractivity contribution in [2.24, 2.45) is 0 Å². The normalized spacial score (nSPS) is 10.2. The molecule has 0 bridgehead atoms. The van der Waals surface area contributed by atoms with Crippen LogP contribution in [0.25, 0.3) is 0 Å². The summed E-state index contributed by atoms with van der Waals surface area (Å²) < 4.78 is 5.81. The number of rotatable bonds is 6. The molecule has 2 aromatic rings. The molecular formula is C19H18BrNO4. The van der Waals surface area contributed by atoms with Gasteiger partial charge >= 0.3 is 5.97 Å². The molecule has 130 valence electrons. The zero-order valence-corrected chi connectivity index (χ0v) is 15.5. The lowest BCUT2D eigenvalue weighted by Crippen LogP contribution is -2.32. The molecule has 0 aliphatic carbocycles. The molecule has 1 N–H and O–H groups in total. The highest BCUT2D eigenvalue weighted by atomic mass is 79.9. The average molecular weight is 404 g/mol. The van der Waals surface area contributed by atoms with E-state index in [1.165, 1.54) is 24.1 Å². The van der Waals surface area contributed by atoms with Gasteiger partial charge in [0.1, 0.15) is 5.75 Å². The first-order chi connectivity index (χ1) is 11.9.